The third-order valence-corrected chi connectivity index (χ3v) is 3.53. The standard InChI is InChI=1S/C11H12N6OS/c1-6-15-7(4-19-6)3-17-9-8(16-11(17)12)10(18-2)14-5-13-9/h4-5H,3H2,1-2H3,(H2,12,16). The molecule has 0 aliphatic rings. The summed E-state index contributed by atoms with van der Waals surface area (Å²) < 4.78 is 6.95. The lowest BCUT2D eigenvalue weighted by atomic mass is 10.4. The van der Waals surface area contributed by atoms with Crippen LogP contribution < -0.4 is 10.5 Å². The number of aryl methyl sites for hydroxylation is 1. The zero-order chi connectivity index (χ0) is 13.4. The van der Waals surface area contributed by atoms with Crippen molar-refractivity contribution in [2.75, 3.05) is 12.8 Å². The van der Waals surface area contributed by atoms with Crippen LogP contribution in [0.15, 0.2) is 11.7 Å². The number of anilines is 1. The number of fused-ring (bicyclic) bond motifs is 1. The van der Waals surface area contributed by atoms with Crippen molar-refractivity contribution in [2.24, 2.45) is 0 Å². The van der Waals surface area contributed by atoms with Crippen LogP contribution in [0, 0.1) is 6.92 Å². The van der Waals surface area contributed by atoms with Crippen molar-refractivity contribution in [3.05, 3.63) is 22.4 Å². The second-order valence-electron chi connectivity index (χ2n) is 3.97. The average Bonchev–Trinajstić information content (AvgIpc) is 2.94. The highest BCUT2D eigenvalue weighted by Gasteiger charge is 2.15. The fourth-order valence-corrected chi connectivity index (χ4v) is 2.48. The van der Waals surface area contributed by atoms with Gasteiger partial charge in [0.2, 0.25) is 11.8 Å². The van der Waals surface area contributed by atoms with Gasteiger partial charge >= 0.3 is 0 Å². The van der Waals surface area contributed by atoms with E-state index in [1.165, 1.54) is 6.33 Å². The van der Waals surface area contributed by atoms with Gasteiger partial charge in [0.25, 0.3) is 0 Å². The number of nitrogens with two attached hydrogens (primary N) is 1. The van der Waals surface area contributed by atoms with Gasteiger partial charge in [-0.3, -0.25) is 4.57 Å². The highest BCUT2D eigenvalue weighted by atomic mass is 32.1. The SMILES string of the molecule is COc1ncnc2c1nc(N)n2Cc1csc(C)n1. The fourth-order valence-electron chi connectivity index (χ4n) is 1.88. The Morgan fingerprint density at radius 1 is 1.37 bits per heavy atom. The molecule has 19 heavy (non-hydrogen) atoms. The molecule has 3 aromatic rings. The second-order valence-corrected chi connectivity index (χ2v) is 5.03. The first-order chi connectivity index (χ1) is 9.19. The summed E-state index contributed by atoms with van der Waals surface area (Å²) in [5, 5.41) is 3.02. The quantitative estimate of drug-likeness (QED) is 0.773. The predicted molar refractivity (Wildman–Crippen MR) is 72.2 cm³/mol. The summed E-state index contributed by atoms with van der Waals surface area (Å²) in [4.78, 5) is 16.9. The monoisotopic (exact) mass is 276 g/mol. The van der Waals surface area contributed by atoms with E-state index in [1.807, 2.05) is 12.3 Å². The van der Waals surface area contributed by atoms with E-state index in [0.29, 0.717) is 29.5 Å². The number of aromatic nitrogens is 5. The van der Waals surface area contributed by atoms with E-state index in [-0.39, 0.29) is 0 Å². The fraction of sp³-hybridized carbons (Fsp3) is 0.273. The van der Waals surface area contributed by atoms with Crippen molar-refractivity contribution in [2.45, 2.75) is 13.5 Å². The molecule has 98 valence electrons. The topological polar surface area (TPSA) is 91.7 Å². The molecule has 0 radical (unpaired) electrons. The summed E-state index contributed by atoms with van der Waals surface area (Å²) in [5.41, 5.74) is 8.08. The Labute approximate surface area is 113 Å². The number of hydrogen-bond donors (Lipinski definition) is 1. The van der Waals surface area contributed by atoms with E-state index in [1.54, 1.807) is 23.0 Å². The molecule has 3 rings (SSSR count). The Morgan fingerprint density at radius 2 is 2.21 bits per heavy atom. The van der Waals surface area contributed by atoms with Crippen molar-refractivity contribution in [3.63, 3.8) is 0 Å². The van der Waals surface area contributed by atoms with E-state index < -0.39 is 0 Å². The molecule has 3 heterocycles. The molecule has 0 saturated carbocycles. The van der Waals surface area contributed by atoms with Gasteiger partial charge < -0.3 is 10.5 Å². The van der Waals surface area contributed by atoms with Crippen molar-refractivity contribution in [1.82, 2.24) is 24.5 Å². The van der Waals surface area contributed by atoms with Gasteiger partial charge in [-0.1, -0.05) is 0 Å². The van der Waals surface area contributed by atoms with E-state index in [9.17, 15) is 0 Å². The van der Waals surface area contributed by atoms with Crippen LogP contribution >= 0.6 is 11.3 Å². The van der Waals surface area contributed by atoms with E-state index in [0.717, 1.165) is 10.7 Å². The first kappa shape index (κ1) is 11.8. The van der Waals surface area contributed by atoms with Crippen molar-refractivity contribution in [3.8, 4) is 5.88 Å². The third-order valence-electron chi connectivity index (χ3n) is 2.71. The summed E-state index contributed by atoms with van der Waals surface area (Å²) in [6, 6.07) is 0. The number of hydrogen-bond acceptors (Lipinski definition) is 7. The summed E-state index contributed by atoms with van der Waals surface area (Å²) in [6.45, 7) is 2.50. The molecule has 0 amide bonds. The number of methoxy groups -OCH3 is 1. The Balaban J connectivity index is 2.10. The molecule has 0 atom stereocenters. The zero-order valence-corrected chi connectivity index (χ0v) is 11.3. The third kappa shape index (κ3) is 1.99. The molecule has 0 saturated heterocycles. The molecular formula is C11H12N6OS. The Hall–Kier alpha value is -2.22. The van der Waals surface area contributed by atoms with Crippen LogP contribution in [0.4, 0.5) is 5.95 Å². The normalized spacial score (nSPS) is 11.1. The van der Waals surface area contributed by atoms with Crippen molar-refractivity contribution in [1.29, 1.82) is 0 Å². The lowest BCUT2D eigenvalue weighted by Gasteiger charge is -2.03. The highest BCUT2D eigenvalue weighted by Crippen LogP contribution is 2.23. The van der Waals surface area contributed by atoms with Crippen LogP contribution in [0.1, 0.15) is 10.7 Å². The zero-order valence-electron chi connectivity index (χ0n) is 10.5. The number of ether oxygens (including phenoxy) is 1. The maximum atomic E-state index is 5.94. The van der Waals surface area contributed by atoms with E-state index in [4.69, 9.17) is 10.5 Å². The van der Waals surface area contributed by atoms with Crippen molar-refractivity contribution < 1.29 is 4.74 Å². The van der Waals surface area contributed by atoms with Crippen LogP contribution in [0.3, 0.4) is 0 Å². The molecule has 0 aliphatic carbocycles. The van der Waals surface area contributed by atoms with Crippen LogP contribution in [-0.4, -0.2) is 31.6 Å². The van der Waals surface area contributed by atoms with Gasteiger partial charge in [-0.25, -0.2) is 15.0 Å². The molecule has 3 aromatic heterocycles. The number of thiazole rings is 1. The van der Waals surface area contributed by atoms with Crippen molar-refractivity contribution >= 4 is 28.4 Å². The van der Waals surface area contributed by atoms with Crippen LogP contribution in [0.5, 0.6) is 5.88 Å². The van der Waals surface area contributed by atoms with Gasteiger partial charge in [-0.15, -0.1) is 11.3 Å². The van der Waals surface area contributed by atoms with E-state index in [2.05, 4.69) is 19.9 Å². The number of imidazole rings is 1. The summed E-state index contributed by atoms with van der Waals surface area (Å²) >= 11 is 1.60. The summed E-state index contributed by atoms with van der Waals surface area (Å²) in [6.07, 6.45) is 1.44. The molecule has 0 bridgehead atoms. The van der Waals surface area contributed by atoms with Gasteiger partial charge in [-0.05, 0) is 6.92 Å². The smallest absolute Gasteiger partial charge is 0.245 e. The van der Waals surface area contributed by atoms with Crippen LogP contribution in [-0.2, 0) is 6.54 Å². The first-order valence-electron chi connectivity index (χ1n) is 5.60. The molecular weight excluding hydrogens is 264 g/mol. The Bertz CT molecular complexity index is 734. The predicted octanol–water partition coefficient (Wildman–Crippen LogP) is 1.23. The molecule has 7 nitrogen and oxygen atoms in total. The van der Waals surface area contributed by atoms with Gasteiger partial charge in [0.05, 0.1) is 24.4 Å². The van der Waals surface area contributed by atoms with Gasteiger partial charge in [0.1, 0.15) is 6.33 Å². The minimum absolute atomic E-state index is 0.374. The minimum atomic E-state index is 0.374. The average molecular weight is 276 g/mol. The summed E-state index contributed by atoms with van der Waals surface area (Å²) in [5.74, 6) is 0.796. The molecule has 0 fully saturated rings. The molecule has 8 heteroatoms. The number of nitrogens with zero attached hydrogens (tertiary/aromatic N) is 5. The lowest BCUT2D eigenvalue weighted by molar-refractivity contribution is 0.401. The molecule has 0 unspecified atom stereocenters. The molecule has 0 spiro atoms. The second kappa shape index (κ2) is 4.47. The van der Waals surface area contributed by atoms with E-state index >= 15 is 0 Å². The Kier molecular flexibility index (Phi) is 2.79. The number of nitrogen functional groups attached to an aromatic ring is 1. The van der Waals surface area contributed by atoms with Gasteiger partial charge in [-0.2, -0.15) is 4.98 Å². The number of rotatable bonds is 3. The Morgan fingerprint density at radius 3 is 2.89 bits per heavy atom. The minimum Gasteiger partial charge on any atom is -0.479 e. The first-order valence-corrected chi connectivity index (χ1v) is 6.48. The molecule has 0 aromatic carbocycles. The molecule has 0 aliphatic heterocycles. The van der Waals surface area contributed by atoms with Gasteiger partial charge in [0.15, 0.2) is 11.2 Å². The maximum absolute atomic E-state index is 5.94. The lowest BCUT2D eigenvalue weighted by Crippen LogP contribution is -2.05. The largest absolute Gasteiger partial charge is 0.479 e. The highest BCUT2D eigenvalue weighted by molar-refractivity contribution is 7.09. The summed E-state index contributed by atoms with van der Waals surface area (Å²) in [7, 11) is 1.54. The van der Waals surface area contributed by atoms with Gasteiger partial charge in [0, 0.05) is 5.38 Å². The molecule has 2 N–H and O–H groups in total. The van der Waals surface area contributed by atoms with Crippen LogP contribution in [0.2, 0.25) is 0 Å². The van der Waals surface area contributed by atoms with Crippen LogP contribution in [0.25, 0.3) is 11.2 Å². The maximum Gasteiger partial charge on any atom is 0.245 e.